The molecule has 4 aliphatic rings. The molecule has 0 aliphatic carbocycles. The molecule has 0 bridgehead atoms. The van der Waals surface area contributed by atoms with Crippen molar-refractivity contribution >= 4 is 83.4 Å². The number of carbonyl (C=O) groups excluding carboxylic acids is 8. The third kappa shape index (κ3) is 10.6. The van der Waals surface area contributed by atoms with E-state index < -0.39 is 35.2 Å². The fraction of sp³-hybridized carbons (Fsp3) is 0.164. The summed E-state index contributed by atoms with van der Waals surface area (Å²) in [5.74, 6) is -2.68. The van der Waals surface area contributed by atoms with E-state index in [0.29, 0.717) is 17.0 Å². The van der Waals surface area contributed by atoms with Gasteiger partial charge in [-0.1, -0.05) is 86.6 Å². The first-order valence-corrected chi connectivity index (χ1v) is 22.2. The summed E-state index contributed by atoms with van der Waals surface area (Å²) in [7, 11) is 2.53. The molecule has 1 radical (unpaired) electrons. The molecule has 6 aromatic carbocycles. The Morgan fingerprint density at radius 3 is 1.38 bits per heavy atom. The van der Waals surface area contributed by atoms with Gasteiger partial charge in [0.05, 0.1) is 50.7 Å². The van der Waals surface area contributed by atoms with Crippen LogP contribution >= 0.6 is 0 Å². The van der Waals surface area contributed by atoms with Gasteiger partial charge in [0.1, 0.15) is 5.41 Å². The first-order valence-electron chi connectivity index (χ1n) is 22.2. The van der Waals surface area contributed by atoms with Gasteiger partial charge in [-0.2, -0.15) is 31.7 Å². The van der Waals surface area contributed by atoms with E-state index in [0.717, 1.165) is 85.7 Å². The number of para-hydroxylation sites is 2. The molecule has 14 nitrogen and oxygen atoms in total. The van der Waals surface area contributed by atoms with Gasteiger partial charge >= 0.3 is 6.18 Å². The number of fused-ring (bicyclic) bond motifs is 4. The Balaban J connectivity index is 0.000000248. The SMILES string of the molecule is CC.CN([C-]=O)[C-]=O.CN1C(=O)c2ccc(C(C)(c3ccc4c(c3)C(=O)N(c3ccc(C5=Nc6ccccc6C5)cc3)C4=O)C(F)(F)F)cc2C1=O.O=[C-]N([C-]=O)c1ccc(C2=Nc3ccccc3C2)cc1.[Y]. The Morgan fingerprint density at radius 1 is 0.548 bits per heavy atom. The van der Waals surface area contributed by atoms with Gasteiger partial charge in [-0.3, -0.25) is 34.1 Å². The molecule has 8 amide bonds. The molecule has 0 spiro atoms. The first-order chi connectivity index (χ1) is 34.5. The normalized spacial score (nSPS) is 14.4. The summed E-state index contributed by atoms with van der Waals surface area (Å²) in [6.07, 6.45) is 2.12. The van der Waals surface area contributed by atoms with Crippen LogP contribution in [0.2, 0.25) is 0 Å². The van der Waals surface area contributed by atoms with E-state index in [4.69, 9.17) is 0 Å². The number of hydrogen-bond donors (Lipinski definition) is 0. The van der Waals surface area contributed by atoms with Gasteiger partial charge in [-0.15, -0.1) is 12.1 Å². The molecule has 73 heavy (non-hydrogen) atoms. The monoisotopic (exact) mass is 1060 g/mol. The molecule has 4 heterocycles. The van der Waals surface area contributed by atoms with Gasteiger partial charge < -0.3 is 29.0 Å². The Hall–Kier alpha value is -7.89. The van der Waals surface area contributed by atoms with Crippen LogP contribution in [-0.2, 0) is 70.1 Å². The fourth-order valence-electron chi connectivity index (χ4n) is 8.30. The van der Waals surface area contributed by atoms with Crippen molar-refractivity contribution in [3.05, 3.63) is 189 Å². The van der Waals surface area contributed by atoms with E-state index in [9.17, 15) is 51.5 Å². The molecule has 18 heteroatoms. The summed E-state index contributed by atoms with van der Waals surface area (Å²) in [6.45, 7) is 4.95. The Labute approximate surface area is 443 Å². The quantitative estimate of drug-likeness (QED) is 0.0745. The van der Waals surface area contributed by atoms with Crippen molar-refractivity contribution < 1.29 is 84.2 Å². The molecular weight excluding hydrogens is 1020 g/mol. The molecule has 1 unspecified atom stereocenters. The number of amides is 8. The first kappa shape index (κ1) is 54.4. The molecule has 4 aliphatic heterocycles. The fourth-order valence-corrected chi connectivity index (χ4v) is 8.30. The zero-order chi connectivity index (χ0) is 52.1. The zero-order valence-electron chi connectivity index (χ0n) is 39.8. The van der Waals surface area contributed by atoms with E-state index in [1.807, 2.05) is 68.4 Å². The van der Waals surface area contributed by atoms with Crippen LogP contribution in [0, 0.1) is 0 Å². The number of rotatable bonds is 10. The van der Waals surface area contributed by atoms with Gasteiger partial charge in [0.25, 0.3) is 23.6 Å². The van der Waals surface area contributed by atoms with E-state index in [-0.39, 0.29) is 71.8 Å². The number of alkyl halides is 3. The van der Waals surface area contributed by atoms with Gasteiger partial charge in [0, 0.05) is 52.6 Å². The summed E-state index contributed by atoms with van der Waals surface area (Å²) in [4.78, 5) is 104. The summed E-state index contributed by atoms with van der Waals surface area (Å²) in [5.41, 5.74) is 5.03. The molecule has 10 rings (SSSR count). The number of hydrogen-bond acceptors (Lipinski definition) is 10. The standard InChI is InChI=1S/C34H22F3N3O4.C16H10N2O2.C3H3NO2.C2H6.Y/c1-33(34(35,36)37,20-9-13-23-25(16-20)30(42)39(2)29(23)41)21-10-14-24-26(17-21)32(44)40(31(24)43)22-11-7-18(8-12-22)28-15-19-5-3-4-6-27(19)38-28;19-10-18(11-20)14-7-5-12(6-8-14)16-9-13-3-1-2-4-15(13)17-16;1-4(2-5)3-6;1-2;/h3-14,16-17H,15H2,1-2H3;1-8H,9H2;1H3;1-2H3;/q;2*-2;;. The number of carbonyl (C=O) groups is 4. The molecular formula is C55H41F3N6O8Y-4. The minimum absolute atomic E-state index is 0. The van der Waals surface area contributed by atoms with Crippen molar-refractivity contribution in [2.24, 2.45) is 9.98 Å². The van der Waals surface area contributed by atoms with Crippen LogP contribution in [0.15, 0.2) is 143 Å². The van der Waals surface area contributed by atoms with Crippen LogP contribution in [0.25, 0.3) is 0 Å². The Morgan fingerprint density at radius 2 is 0.959 bits per heavy atom. The average molecular weight is 1060 g/mol. The summed E-state index contributed by atoms with van der Waals surface area (Å²) >= 11 is 0. The van der Waals surface area contributed by atoms with Crippen LogP contribution < -0.4 is 9.80 Å². The van der Waals surface area contributed by atoms with Crippen molar-refractivity contribution in [1.82, 2.24) is 9.80 Å². The van der Waals surface area contributed by atoms with Crippen LogP contribution in [-0.4, -0.2) is 90.8 Å². The minimum Gasteiger partial charge on any atom is -0.639 e. The van der Waals surface area contributed by atoms with E-state index in [1.54, 1.807) is 36.4 Å². The van der Waals surface area contributed by atoms with Crippen molar-refractivity contribution in [3.63, 3.8) is 0 Å². The maximum absolute atomic E-state index is 14.9. The second-order valence-electron chi connectivity index (χ2n) is 16.3. The second kappa shape index (κ2) is 22.7. The van der Waals surface area contributed by atoms with Gasteiger partial charge in [0.15, 0.2) is 0 Å². The Kier molecular flexibility index (Phi) is 16.9. The number of nitrogens with zero attached hydrogens (tertiary/aromatic N) is 6. The topological polar surface area (TPSA) is 174 Å². The number of anilines is 2. The van der Waals surface area contributed by atoms with Gasteiger partial charge in [0.2, 0.25) is 0 Å². The number of halogens is 3. The number of imide groups is 4. The van der Waals surface area contributed by atoms with Crippen molar-refractivity contribution in [1.29, 1.82) is 0 Å². The molecule has 367 valence electrons. The van der Waals surface area contributed by atoms with Gasteiger partial charge in [-0.25, -0.2) is 4.90 Å². The molecule has 1 atom stereocenters. The smallest absolute Gasteiger partial charge is 0.402 e. The minimum atomic E-state index is -4.86. The predicted octanol–water partition coefficient (Wildman–Crippen LogP) is 8.64. The number of benzene rings is 6. The summed E-state index contributed by atoms with van der Waals surface area (Å²) < 4.78 is 44.6. The zero-order valence-corrected chi connectivity index (χ0v) is 42.6. The van der Waals surface area contributed by atoms with Gasteiger partial charge in [-0.05, 0) is 109 Å². The molecule has 0 N–H and O–H groups in total. The van der Waals surface area contributed by atoms with E-state index in [1.165, 1.54) is 63.5 Å². The van der Waals surface area contributed by atoms with Crippen LogP contribution in [0.3, 0.4) is 0 Å². The third-order valence-electron chi connectivity index (χ3n) is 12.3. The maximum Gasteiger partial charge on any atom is 0.402 e. The van der Waals surface area contributed by atoms with Crippen LogP contribution in [0.4, 0.5) is 35.9 Å². The maximum atomic E-state index is 14.9. The van der Waals surface area contributed by atoms with Crippen LogP contribution in [0.1, 0.15) is 95.6 Å². The molecule has 0 aromatic heterocycles. The van der Waals surface area contributed by atoms with Crippen molar-refractivity contribution in [3.8, 4) is 0 Å². The van der Waals surface area contributed by atoms with E-state index >= 15 is 0 Å². The Bertz CT molecular complexity index is 3220. The summed E-state index contributed by atoms with van der Waals surface area (Å²) in [6, 6.07) is 36.5. The van der Waals surface area contributed by atoms with Crippen molar-refractivity contribution in [2.75, 3.05) is 23.9 Å². The molecule has 0 saturated heterocycles. The molecule has 0 saturated carbocycles. The van der Waals surface area contributed by atoms with Crippen LogP contribution in [0.5, 0.6) is 0 Å². The third-order valence-corrected chi connectivity index (χ3v) is 12.3. The average Bonchev–Trinajstić information content (AvgIpc) is 4.16. The molecule has 0 fully saturated rings. The second-order valence-corrected chi connectivity index (χ2v) is 16.3. The number of aliphatic imine (C=N–C) groups is 2. The summed E-state index contributed by atoms with van der Waals surface area (Å²) in [5, 5.41) is 0. The predicted molar refractivity (Wildman–Crippen MR) is 263 cm³/mol. The molecule has 6 aromatic rings. The largest absolute Gasteiger partial charge is 0.639 e. The van der Waals surface area contributed by atoms with E-state index in [2.05, 4.69) is 16.1 Å². The van der Waals surface area contributed by atoms with Crippen molar-refractivity contribution in [2.45, 2.75) is 45.2 Å².